The highest BCUT2D eigenvalue weighted by Gasteiger charge is 2.44. The number of benzene rings is 3. The Kier molecular flexibility index (Phi) is 9.62. The van der Waals surface area contributed by atoms with Crippen molar-refractivity contribution in [1.29, 1.82) is 0 Å². The predicted octanol–water partition coefficient (Wildman–Crippen LogP) is 7.24. The third-order valence-electron chi connectivity index (χ3n) is 7.68. The normalized spacial score (nSPS) is 16.8. The fraction of sp³-hybridized carbons (Fsp3) is 0.333. The molecule has 2 amide bonds. The lowest BCUT2D eigenvalue weighted by molar-refractivity contribution is -0.132. The topological polar surface area (TPSA) is 61.9 Å². The van der Waals surface area contributed by atoms with Crippen molar-refractivity contribution >= 4 is 53.3 Å². The number of nitrogens with one attached hydrogen (secondary N) is 1. The Morgan fingerprint density at radius 3 is 2.50 bits per heavy atom. The summed E-state index contributed by atoms with van der Waals surface area (Å²) in [6.07, 6.45) is 1.14. The van der Waals surface area contributed by atoms with E-state index in [0.29, 0.717) is 66.7 Å². The second-order valence-corrected chi connectivity index (χ2v) is 11.0. The van der Waals surface area contributed by atoms with Crippen LogP contribution < -0.4 is 5.32 Å². The minimum Gasteiger partial charge on any atom is -0.438 e. The maximum absolute atomic E-state index is 14.1. The molecule has 3 aromatic rings. The van der Waals surface area contributed by atoms with E-state index in [-0.39, 0.29) is 24.1 Å². The zero-order chi connectivity index (χ0) is 27.6. The molecule has 1 saturated heterocycles. The molecule has 1 spiro atoms. The van der Waals surface area contributed by atoms with E-state index in [1.54, 1.807) is 23.1 Å². The van der Waals surface area contributed by atoms with E-state index in [2.05, 4.69) is 10.2 Å². The van der Waals surface area contributed by atoms with E-state index in [9.17, 15) is 14.0 Å². The first kappa shape index (κ1) is 30.1. The van der Waals surface area contributed by atoms with E-state index in [1.807, 2.05) is 43.4 Å². The molecule has 3 aromatic carbocycles. The maximum Gasteiger partial charge on any atom is 0.412 e. The summed E-state index contributed by atoms with van der Waals surface area (Å²) >= 11 is 12.5. The third-order valence-corrected chi connectivity index (χ3v) is 8.42. The van der Waals surface area contributed by atoms with Gasteiger partial charge < -0.3 is 14.5 Å². The van der Waals surface area contributed by atoms with Gasteiger partial charge in [-0.15, -0.1) is 12.4 Å². The Morgan fingerprint density at radius 1 is 1.07 bits per heavy atom. The Hall–Kier alpha value is -2.84. The molecule has 0 saturated carbocycles. The number of anilines is 1. The molecule has 2 aliphatic rings. The van der Waals surface area contributed by atoms with Gasteiger partial charge in [-0.2, -0.15) is 0 Å². The Balaban J connectivity index is 0.00000370. The second-order valence-electron chi connectivity index (χ2n) is 10.2. The highest BCUT2D eigenvalue weighted by Crippen LogP contribution is 2.44. The molecule has 2 heterocycles. The number of piperidine rings is 1. The average molecular weight is 607 g/mol. The number of nitrogens with zero attached hydrogens (tertiary/aromatic N) is 2. The summed E-state index contributed by atoms with van der Waals surface area (Å²) in [7, 11) is 1.81. The first-order valence-electron chi connectivity index (χ1n) is 13.0. The van der Waals surface area contributed by atoms with Gasteiger partial charge in [-0.3, -0.25) is 10.1 Å². The van der Waals surface area contributed by atoms with Crippen LogP contribution in [0.25, 0.3) is 0 Å². The van der Waals surface area contributed by atoms with Crippen LogP contribution in [-0.2, 0) is 21.7 Å². The van der Waals surface area contributed by atoms with Crippen molar-refractivity contribution < 1.29 is 18.7 Å². The first-order valence-corrected chi connectivity index (χ1v) is 13.8. The van der Waals surface area contributed by atoms with Crippen molar-refractivity contribution in [3.63, 3.8) is 0 Å². The van der Waals surface area contributed by atoms with Crippen molar-refractivity contribution in [2.75, 3.05) is 32.0 Å². The van der Waals surface area contributed by atoms with Crippen molar-refractivity contribution in [3.05, 3.63) is 99.3 Å². The van der Waals surface area contributed by atoms with Crippen LogP contribution in [0, 0.1) is 5.82 Å². The number of carbonyl (C=O) groups excluding carboxylic acids is 2. The number of rotatable bonds is 7. The molecule has 0 radical (unpaired) electrons. The van der Waals surface area contributed by atoms with Crippen molar-refractivity contribution in [1.82, 2.24) is 9.80 Å². The van der Waals surface area contributed by atoms with Gasteiger partial charge in [0.05, 0.1) is 21.7 Å². The van der Waals surface area contributed by atoms with E-state index in [0.717, 1.165) is 11.1 Å². The van der Waals surface area contributed by atoms with Crippen molar-refractivity contribution in [3.8, 4) is 0 Å². The number of amides is 2. The molecule has 40 heavy (non-hydrogen) atoms. The standard InChI is InChI=1S/C30H30Cl2FN3O3.ClH/c1-35(19-20-5-3-2-4-6-20)28(37)23(21-7-9-25(31)26(32)17-21)11-14-36-15-12-30(13-16-36)24-18-22(33)8-10-27(24)34-29(38)39-30;/h2-10,17-18,23H,11-16,19H2,1H3,(H,34,38);1H. The fourth-order valence-corrected chi connectivity index (χ4v) is 5.86. The highest BCUT2D eigenvalue weighted by molar-refractivity contribution is 6.42. The quantitative estimate of drug-likeness (QED) is 0.308. The van der Waals surface area contributed by atoms with Crippen LogP contribution in [0.4, 0.5) is 14.9 Å². The molecule has 0 aromatic heterocycles. The minimum absolute atomic E-state index is 0. The molecule has 0 bridgehead atoms. The lowest BCUT2D eigenvalue weighted by Crippen LogP contribution is -2.48. The smallest absolute Gasteiger partial charge is 0.412 e. The molecule has 1 atom stereocenters. The van der Waals surface area contributed by atoms with Crippen LogP contribution in [0.2, 0.25) is 10.0 Å². The molecule has 10 heteroatoms. The van der Waals surface area contributed by atoms with E-state index in [1.165, 1.54) is 12.1 Å². The van der Waals surface area contributed by atoms with Gasteiger partial charge in [-0.05, 0) is 54.4 Å². The number of carbonyl (C=O) groups is 2. The summed E-state index contributed by atoms with van der Waals surface area (Å²) in [5.74, 6) is -0.767. The monoisotopic (exact) mass is 605 g/mol. The average Bonchev–Trinajstić information content (AvgIpc) is 2.92. The summed E-state index contributed by atoms with van der Waals surface area (Å²) in [6.45, 7) is 2.45. The van der Waals surface area contributed by atoms with Crippen LogP contribution in [0.3, 0.4) is 0 Å². The van der Waals surface area contributed by atoms with E-state index >= 15 is 0 Å². The molecule has 1 unspecified atom stereocenters. The molecule has 1 N–H and O–H groups in total. The molecule has 6 nitrogen and oxygen atoms in total. The van der Waals surface area contributed by atoms with Gasteiger partial charge in [0.1, 0.15) is 11.4 Å². The molecule has 5 rings (SSSR count). The number of likely N-dealkylation sites (N-methyl/N-ethyl adjacent to an activating group) is 1. The largest absolute Gasteiger partial charge is 0.438 e. The number of hydrogen-bond acceptors (Lipinski definition) is 4. The number of ether oxygens (including phenoxy) is 1. The SMILES string of the molecule is CN(Cc1ccccc1)C(=O)C(CCN1CCC2(CC1)OC(=O)Nc1ccc(F)cc12)c1ccc(Cl)c(Cl)c1.Cl. The van der Waals surface area contributed by atoms with Crippen LogP contribution in [0.1, 0.15) is 41.9 Å². The first-order chi connectivity index (χ1) is 18.7. The van der Waals surface area contributed by atoms with Crippen molar-refractivity contribution in [2.45, 2.75) is 37.3 Å². The van der Waals surface area contributed by atoms with Gasteiger partial charge in [0.2, 0.25) is 5.91 Å². The van der Waals surface area contributed by atoms with Crippen LogP contribution in [0.5, 0.6) is 0 Å². The minimum atomic E-state index is -0.856. The Bertz CT molecular complexity index is 1370. The summed E-state index contributed by atoms with van der Waals surface area (Å²) < 4.78 is 19.8. The molecule has 1 fully saturated rings. The summed E-state index contributed by atoms with van der Waals surface area (Å²) in [4.78, 5) is 30.0. The van der Waals surface area contributed by atoms with Gasteiger partial charge in [0, 0.05) is 45.1 Å². The maximum atomic E-state index is 14.1. The zero-order valence-corrected chi connectivity index (χ0v) is 24.4. The molecular weight excluding hydrogens is 576 g/mol. The second kappa shape index (κ2) is 12.8. The molecule has 2 aliphatic heterocycles. The van der Waals surface area contributed by atoms with Crippen LogP contribution in [0.15, 0.2) is 66.7 Å². The summed E-state index contributed by atoms with van der Waals surface area (Å²) in [6, 6.07) is 19.6. The fourth-order valence-electron chi connectivity index (χ4n) is 5.55. The predicted molar refractivity (Wildman–Crippen MR) is 158 cm³/mol. The highest BCUT2D eigenvalue weighted by atomic mass is 35.5. The van der Waals surface area contributed by atoms with E-state index < -0.39 is 17.6 Å². The molecule has 0 aliphatic carbocycles. The number of halogens is 4. The lowest BCUT2D eigenvalue weighted by Gasteiger charge is -2.44. The Labute approximate surface area is 249 Å². The van der Waals surface area contributed by atoms with Gasteiger partial charge in [0.15, 0.2) is 0 Å². The number of fused-ring (bicyclic) bond motifs is 2. The van der Waals surface area contributed by atoms with E-state index in [4.69, 9.17) is 27.9 Å². The molecule has 212 valence electrons. The van der Waals surface area contributed by atoms with Gasteiger partial charge >= 0.3 is 6.09 Å². The van der Waals surface area contributed by atoms with Crippen LogP contribution in [-0.4, -0.2) is 48.5 Å². The van der Waals surface area contributed by atoms with Crippen molar-refractivity contribution in [2.24, 2.45) is 0 Å². The summed E-state index contributed by atoms with van der Waals surface area (Å²) in [5.41, 5.74) is 2.28. The van der Waals surface area contributed by atoms with Gasteiger partial charge in [-0.1, -0.05) is 59.6 Å². The number of hydrogen-bond donors (Lipinski definition) is 1. The van der Waals surface area contributed by atoms with Crippen LogP contribution >= 0.6 is 35.6 Å². The lowest BCUT2D eigenvalue weighted by atomic mass is 9.82. The van der Waals surface area contributed by atoms with Gasteiger partial charge in [-0.25, -0.2) is 9.18 Å². The van der Waals surface area contributed by atoms with Gasteiger partial charge in [0.25, 0.3) is 0 Å². The molecular formula is C30H31Cl3FN3O3. The third kappa shape index (κ3) is 6.55. The number of likely N-dealkylation sites (tertiary alicyclic amines) is 1. The summed E-state index contributed by atoms with van der Waals surface area (Å²) in [5, 5.41) is 3.53. The Morgan fingerprint density at radius 2 is 1.80 bits per heavy atom. The zero-order valence-electron chi connectivity index (χ0n) is 22.0.